The molecule has 3 aliphatic carbocycles. The van der Waals surface area contributed by atoms with Crippen molar-refractivity contribution in [3.8, 4) is 22.8 Å². The van der Waals surface area contributed by atoms with Crippen LogP contribution in [0.5, 0.6) is 11.5 Å². The lowest BCUT2D eigenvalue weighted by molar-refractivity contribution is -0.122. The first-order valence-corrected chi connectivity index (χ1v) is 13.2. The Morgan fingerprint density at radius 3 is 2.26 bits per heavy atom. The average Bonchev–Trinajstić information content (AvgIpc) is 3.31. The lowest BCUT2D eigenvalue weighted by Gasteiger charge is -2.26. The van der Waals surface area contributed by atoms with Crippen molar-refractivity contribution < 1.29 is 19.1 Å². The van der Waals surface area contributed by atoms with E-state index in [1.807, 2.05) is 28.9 Å². The van der Waals surface area contributed by atoms with Gasteiger partial charge in [-0.15, -0.1) is 0 Å². The van der Waals surface area contributed by atoms with Gasteiger partial charge in [0, 0.05) is 6.42 Å². The topological polar surface area (TPSA) is 82.4 Å². The Morgan fingerprint density at radius 2 is 1.69 bits per heavy atom. The van der Waals surface area contributed by atoms with Crippen molar-refractivity contribution in [1.82, 2.24) is 15.1 Å². The van der Waals surface area contributed by atoms with Gasteiger partial charge in [-0.25, -0.2) is 0 Å². The van der Waals surface area contributed by atoms with Crippen LogP contribution in [0.15, 0.2) is 24.3 Å². The zero-order valence-corrected chi connectivity index (χ0v) is 20.9. The molecular weight excluding hydrogens is 442 g/mol. The summed E-state index contributed by atoms with van der Waals surface area (Å²) >= 11 is 0. The van der Waals surface area contributed by atoms with Gasteiger partial charge in [0.15, 0.2) is 11.5 Å². The zero-order valence-electron chi connectivity index (χ0n) is 20.9. The van der Waals surface area contributed by atoms with Gasteiger partial charge in [-0.1, -0.05) is 51.0 Å². The molecule has 1 atom stereocenters. The van der Waals surface area contributed by atoms with Gasteiger partial charge in [-0.3, -0.25) is 14.3 Å². The molecule has 1 amide bonds. The number of hydrogen-bond donors (Lipinski definition) is 1. The molecule has 1 aromatic heterocycles. The van der Waals surface area contributed by atoms with Crippen LogP contribution in [0.4, 0.5) is 0 Å². The Hall–Kier alpha value is -2.83. The summed E-state index contributed by atoms with van der Waals surface area (Å²) in [6.07, 6.45) is 11.4. The predicted molar refractivity (Wildman–Crippen MR) is 134 cm³/mol. The molecule has 0 aliphatic heterocycles. The quantitative estimate of drug-likeness (QED) is 0.470. The molecule has 0 spiro atoms. The molecule has 3 aliphatic rings. The molecule has 3 saturated carbocycles. The highest BCUT2D eigenvalue weighted by Gasteiger charge is 2.34. The molecule has 1 heterocycles. The molecule has 0 radical (unpaired) electrons. The summed E-state index contributed by atoms with van der Waals surface area (Å²) in [6, 6.07) is 7.32. The summed E-state index contributed by atoms with van der Waals surface area (Å²) in [5.74, 6) is 2.30. The maximum atomic E-state index is 13.4. The lowest BCUT2D eigenvalue weighted by atomic mass is 9.80. The molecule has 188 valence electrons. The summed E-state index contributed by atoms with van der Waals surface area (Å²) in [6.45, 7) is 0. The van der Waals surface area contributed by atoms with Crippen molar-refractivity contribution in [3.05, 3.63) is 30.0 Å². The first-order chi connectivity index (χ1) is 17.1. The molecule has 3 fully saturated rings. The van der Waals surface area contributed by atoms with Gasteiger partial charge < -0.3 is 14.8 Å². The third-order valence-electron chi connectivity index (χ3n) is 8.00. The molecule has 1 aromatic carbocycles. The number of Topliss-reactive ketones (excluding diaryl/α,β-unsaturated/α-hetero) is 1. The van der Waals surface area contributed by atoms with Crippen molar-refractivity contribution in [3.63, 3.8) is 0 Å². The number of carbonyl (C=O) groups is 2. The maximum Gasteiger partial charge on any atom is 0.272 e. The van der Waals surface area contributed by atoms with Crippen LogP contribution in [-0.4, -0.2) is 41.7 Å². The fourth-order valence-electron chi connectivity index (χ4n) is 5.54. The number of carbonyl (C=O) groups excluding carboxylic acids is 2. The molecular formula is C28H37N3O4. The molecule has 7 nitrogen and oxygen atoms in total. The van der Waals surface area contributed by atoms with Crippen molar-refractivity contribution in [2.45, 2.75) is 82.7 Å². The zero-order chi connectivity index (χ0) is 24.4. The Morgan fingerprint density at radius 1 is 1.00 bits per heavy atom. The second kappa shape index (κ2) is 10.4. The summed E-state index contributed by atoms with van der Waals surface area (Å²) in [5, 5.41) is 7.87. The van der Waals surface area contributed by atoms with E-state index in [9.17, 15) is 9.59 Å². The van der Waals surface area contributed by atoms with E-state index in [4.69, 9.17) is 14.6 Å². The van der Waals surface area contributed by atoms with Crippen LogP contribution in [0, 0.1) is 11.8 Å². The number of hydrogen-bond acceptors (Lipinski definition) is 5. The van der Waals surface area contributed by atoms with E-state index in [1.54, 1.807) is 14.2 Å². The average molecular weight is 480 g/mol. The van der Waals surface area contributed by atoms with Gasteiger partial charge in [-0.2, -0.15) is 5.10 Å². The van der Waals surface area contributed by atoms with Crippen LogP contribution in [-0.2, 0) is 4.79 Å². The number of nitrogens with zero attached hydrogens (tertiary/aromatic N) is 2. The van der Waals surface area contributed by atoms with E-state index in [0.29, 0.717) is 35.4 Å². The van der Waals surface area contributed by atoms with Gasteiger partial charge in [0.1, 0.15) is 11.5 Å². The summed E-state index contributed by atoms with van der Waals surface area (Å²) in [5.41, 5.74) is 1.96. The van der Waals surface area contributed by atoms with Crippen LogP contribution in [0.25, 0.3) is 11.3 Å². The van der Waals surface area contributed by atoms with Gasteiger partial charge >= 0.3 is 0 Å². The molecule has 1 N–H and O–H groups in total. The molecule has 2 aromatic rings. The van der Waals surface area contributed by atoms with Crippen LogP contribution in [0.3, 0.4) is 0 Å². The number of aromatic nitrogens is 2. The number of rotatable bonds is 11. The van der Waals surface area contributed by atoms with Crippen molar-refractivity contribution in [1.29, 1.82) is 0 Å². The summed E-state index contributed by atoms with van der Waals surface area (Å²) in [7, 11) is 3.27. The number of amides is 1. The second-order valence-corrected chi connectivity index (χ2v) is 10.5. The smallest absolute Gasteiger partial charge is 0.272 e. The van der Waals surface area contributed by atoms with Gasteiger partial charge in [0.25, 0.3) is 5.91 Å². The first kappa shape index (κ1) is 23.9. The van der Waals surface area contributed by atoms with Crippen molar-refractivity contribution in [2.75, 3.05) is 14.2 Å². The largest absolute Gasteiger partial charge is 0.496 e. The standard InChI is InChI=1S/C28H37N3O4/c1-34-25-11-6-12-26(35-2)27(25)23-17-22(30-31(23)20-9-3-4-10-20)28(33)29-21(15-19-13-14-19)24(32)16-18-7-5-8-18/h6,11-12,17-21H,3-5,7-10,13-16H2,1-2H3,(H,29,33)/t21-/m0/s1. The number of ether oxygens (including phenoxy) is 2. The van der Waals surface area contributed by atoms with E-state index in [-0.39, 0.29) is 17.7 Å². The van der Waals surface area contributed by atoms with E-state index in [1.165, 1.54) is 6.42 Å². The number of methoxy groups -OCH3 is 2. The van der Waals surface area contributed by atoms with Gasteiger partial charge in [-0.05, 0) is 49.3 Å². The van der Waals surface area contributed by atoms with E-state index >= 15 is 0 Å². The van der Waals surface area contributed by atoms with E-state index < -0.39 is 6.04 Å². The monoisotopic (exact) mass is 479 g/mol. The minimum atomic E-state index is -0.420. The lowest BCUT2D eigenvalue weighted by Crippen LogP contribution is -2.42. The molecule has 0 saturated heterocycles. The molecule has 7 heteroatoms. The fraction of sp³-hybridized carbons (Fsp3) is 0.607. The number of nitrogens with one attached hydrogen (secondary N) is 1. The van der Waals surface area contributed by atoms with E-state index in [2.05, 4.69) is 5.32 Å². The predicted octanol–water partition coefficient (Wildman–Crippen LogP) is 5.34. The first-order valence-electron chi connectivity index (χ1n) is 13.2. The number of benzene rings is 1. The van der Waals surface area contributed by atoms with Crippen molar-refractivity contribution >= 4 is 11.7 Å². The normalized spacial score (nSPS) is 19.3. The molecule has 35 heavy (non-hydrogen) atoms. The summed E-state index contributed by atoms with van der Waals surface area (Å²) in [4.78, 5) is 26.5. The van der Waals surface area contributed by atoms with Gasteiger partial charge in [0.05, 0.1) is 37.6 Å². The van der Waals surface area contributed by atoms with Crippen LogP contribution >= 0.6 is 0 Å². The molecule has 5 rings (SSSR count). The minimum Gasteiger partial charge on any atom is -0.496 e. The minimum absolute atomic E-state index is 0.178. The summed E-state index contributed by atoms with van der Waals surface area (Å²) < 4.78 is 13.3. The molecule has 0 bridgehead atoms. The van der Waals surface area contributed by atoms with Gasteiger partial charge in [0.2, 0.25) is 0 Å². The Kier molecular flexibility index (Phi) is 7.12. The second-order valence-electron chi connectivity index (χ2n) is 10.5. The Bertz CT molecular complexity index is 1040. The highest BCUT2D eigenvalue weighted by Crippen LogP contribution is 2.42. The number of ketones is 1. The van der Waals surface area contributed by atoms with E-state index in [0.717, 1.165) is 69.0 Å². The SMILES string of the molecule is COc1cccc(OC)c1-c1cc(C(=O)N[C@@H](CC2CC2)C(=O)CC2CCC2)nn1C1CCCC1. The van der Waals surface area contributed by atoms with Crippen LogP contribution in [0.1, 0.15) is 87.2 Å². The van der Waals surface area contributed by atoms with Crippen LogP contribution in [0.2, 0.25) is 0 Å². The highest BCUT2D eigenvalue weighted by molar-refractivity contribution is 5.97. The Labute approximate surface area is 207 Å². The Balaban J connectivity index is 1.44. The van der Waals surface area contributed by atoms with Crippen LogP contribution < -0.4 is 14.8 Å². The third-order valence-corrected chi connectivity index (χ3v) is 8.00. The highest BCUT2D eigenvalue weighted by atomic mass is 16.5. The maximum absolute atomic E-state index is 13.4. The van der Waals surface area contributed by atoms with Crippen molar-refractivity contribution in [2.24, 2.45) is 11.8 Å². The fourth-order valence-corrected chi connectivity index (χ4v) is 5.54. The third kappa shape index (κ3) is 5.24. The molecule has 0 unspecified atom stereocenters.